The van der Waals surface area contributed by atoms with Crippen molar-refractivity contribution in [3.63, 3.8) is 0 Å². The highest BCUT2D eigenvalue weighted by Crippen LogP contribution is 2.40. The van der Waals surface area contributed by atoms with Gasteiger partial charge in [-0.25, -0.2) is 18.1 Å². The van der Waals surface area contributed by atoms with Gasteiger partial charge in [-0.05, 0) is 43.7 Å². The minimum Gasteiger partial charge on any atom is -0.497 e. The molecule has 1 fully saturated rings. The van der Waals surface area contributed by atoms with Gasteiger partial charge in [-0.3, -0.25) is 0 Å². The molecule has 1 aliphatic carbocycles. The summed E-state index contributed by atoms with van der Waals surface area (Å²) < 4.78 is 36.7. The highest BCUT2D eigenvalue weighted by Gasteiger charge is 2.24. The number of nitrogens with zero attached hydrogens (tertiary/aromatic N) is 1. The lowest BCUT2D eigenvalue weighted by molar-refractivity contribution is 0.324. The molecule has 2 N–H and O–H groups in total. The number of sulfonamides is 1. The summed E-state index contributed by atoms with van der Waals surface area (Å²) in [5.74, 6) is 2.13. The van der Waals surface area contributed by atoms with Crippen LogP contribution in [-0.4, -0.2) is 46.0 Å². The number of aromatic nitrogens is 1. The van der Waals surface area contributed by atoms with E-state index in [0.29, 0.717) is 12.5 Å². The zero-order valence-electron chi connectivity index (χ0n) is 16.7. The van der Waals surface area contributed by atoms with Crippen molar-refractivity contribution >= 4 is 26.5 Å². The van der Waals surface area contributed by atoms with Gasteiger partial charge in [-0.2, -0.15) is 0 Å². The molecule has 29 heavy (non-hydrogen) atoms. The van der Waals surface area contributed by atoms with Crippen molar-refractivity contribution < 1.29 is 17.9 Å². The van der Waals surface area contributed by atoms with Gasteiger partial charge in [0.15, 0.2) is 5.13 Å². The number of methoxy groups -OCH3 is 1. The summed E-state index contributed by atoms with van der Waals surface area (Å²) in [7, 11) is -1.47. The van der Waals surface area contributed by atoms with Crippen LogP contribution in [0.3, 0.4) is 0 Å². The summed E-state index contributed by atoms with van der Waals surface area (Å²) in [6.45, 7) is 1.50. The third-order valence-electron chi connectivity index (χ3n) is 5.50. The van der Waals surface area contributed by atoms with Crippen LogP contribution in [0.4, 0.5) is 5.13 Å². The van der Waals surface area contributed by atoms with E-state index in [1.807, 2.05) is 18.2 Å². The molecule has 0 bridgehead atoms. The molecule has 2 aromatic rings. The minimum atomic E-state index is -3.12. The predicted molar refractivity (Wildman–Crippen MR) is 116 cm³/mol. The Balaban J connectivity index is 1.39. The first-order valence-corrected chi connectivity index (χ1v) is 12.6. The molecule has 0 atom stereocenters. The fraction of sp³-hybridized carbons (Fsp3) is 0.550. The molecule has 1 saturated carbocycles. The Kier molecular flexibility index (Phi) is 5.98. The molecule has 0 spiro atoms. The molecule has 7 nitrogen and oxygen atoms in total. The monoisotopic (exact) mass is 437 g/mol. The van der Waals surface area contributed by atoms with E-state index in [4.69, 9.17) is 14.5 Å². The van der Waals surface area contributed by atoms with E-state index >= 15 is 0 Å². The SMILES string of the molecule is COc1ccc2c(c1)OCCc1sc(NCC3CCC(NS(C)(=O)=O)CC3)nc1-2. The Morgan fingerprint density at radius 1 is 1.28 bits per heavy atom. The summed E-state index contributed by atoms with van der Waals surface area (Å²) in [6.07, 6.45) is 5.88. The van der Waals surface area contributed by atoms with Crippen molar-refractivity contribution in [2.24, 2.45) is 5.92 Å². The fourth-order valence-corrected chi connectivity index (χ4v) is 5.83. The van der Waals surface area contributed by atoms with Crippen molar-refractivity contribution in [3.8, 4) is 22.8 Å². The molecule has 158 valence electrons. The second kappa shape index (κ2) is 8.49. The molecule has 0 unspecified atom stereocenters. The van der Waals surface area contributed by atoms with Crippen LogP contribution < -0.4 is 19.5 Å². The summed E-state index contributed by atoms with van der Waals surface area (Å²) in [5, 5.41) is 4.45. The number of rotatable bonds is 6. The molecule has 0 radical (unpaired) electrons. The zero-order chi connectivity index (χ0) is 20.4. The molecular weight excluding hydrogens is 410 g/mol. The van der Waals surface area contributed by atoms with Crippen molar-refractivity contribution in [2.75, 3.05) is 31.8 Å². The van der Waals surface area contributed by atoms with Crippen LogP contribution in [0.1, 0.15) is 30.6 Å². The number of hydrogen-bond acceptors (Lipinski definition) is 7. The van der Waals surface area contributed by atoms with Crippen molar-refractivity contribution in [3.05, 3.63) is 23.1 Å². The van der Waals surface area contributed by atoms with Gasteiger partial charge in [0.1, 0.15) is 11.5 Å². The average Bonchev–Trinajstić information content (AvgIpc) is 3.01. The molecule has 9 heteroatoms. The van der Waals surface area contributed by atoms with Crippen LogP contribution in [0, 0.1) is 5.92 Å². The van der Waals surface area contributed by atoms with Gasteiger partial charge in [0.25, 0.3) is 0 Å². The number of anilines is 1. The van der Waals surface area contributed by atoms with E-state index in [2.05, 4.69) is 10.0 Å². The van der Waals surface area contributed by atoms with Gasteiger partial charge in [-0.15, -0.1) is 11.3 Å². The minimum absolute atomic E-state index is 0.0747. The lowest BCUT2D eigenvalue weighted by atomic mass is 9.86. The van der Waals surface area contributed by atoms with E-state index in [1.54, 1.807) is 18.4 Å². The number of ether oxygens (including phenoxy) is 2. The van der Waals surface area contributed by atoms with Gasteiger partial charge in [0, 0.05) is 35.5 Å². The largest absolute Gasteiger partial charge is 0.497 e. The first-order chi connectivity index (χ1) is 13.9. The zero-order valence-corrected chi connectivity index (χ0v) is 18.4. The Morgan fingerprint density at radius 3 is 2.79 bits per heavy atom. The molecule has 2 heterocycles. The molecule has 2 aliphatic rings. The quantitative estimate of drug-likeness (QED) is 0.721. The third kappa shape index (κ3) is 5.02. The molecular formula is C20H27N3O4S2. The Labute approximate surface area is 175 Å². The smallest absolute Gasteiger partial charge is 0.208 e. The summed E-state index contributed by atoms with van der Waals surface area (Å²) >= 11 is 1.69. The number of hydrogen-bond donors (Lipinski definition) is 2. The summed E-state index contributed by atoms with van der Waals surface area (Å²) in [5.41, 5.74) is 2.00. The number of fused-ring (bicyclic) bond motifs is 3. The van der Waals surface area contributed by atoms with Gasteiger partial charge >= 0.3 is 0 Å². The Morgan fingerprint density at radius 2 is 2.07 bits per heavy atom. The molecule has 0 saturated heterocycles. The molecule has 1 aromatic heterocycles. The maximum absolute atomic E-state index is 11.4. The van der Waals surface area contributed by atoms with Crippen LogP contribution in [0.25, 0.3) is 11.3 Å². The maximum atomic E-state index is 11.4. The summed E-state index contributed by atoms with van der Waals surface area (Å²) in [4.78, 5) is 6.08. The van der Waals surface area contributed by atoms with E-state index in [-0.39, 0.29) is 6.04 Å². The van der Waals surface area contributed by atoms with Crippen LogP contribution >= 0.6 is 11.3 Å². The second-order valence-electron chi connectivity index (χ2n) is 7.74. The Hall–Kier alpha value is -1.84. The lowest BCUT2D eigenvalue weighted by Crippen LogP contribution is -2.37. The fourth-order valence-electron chi connectivity index (χ4n) is 4.02. The normalized spacial score (nSPS) is 21.4. The first-order valence-electron chi connectivity index (χ1n) is 9.93. The highest BCUT2D eigenvalue weighted by atomic mass is 32.2. The highest BCUT2D eigenvalue weighted by molar-refractivity contribution is 7.88. The maximum Gasteiger partial charge on any atom is 0.208 e. The lowest BCUT2D eigenvalue weighted by Gasteiger charge is -2.28. The standard InChI is InChI=1S/C20H27N3O4S2/c1-26-15-7-8-16-17(11-15)27-10-9-18-19(16)22-20(28-18)21-12-13-3-5-14(6-4-13)23-29(2,24)25/h7-8,11,13-14,23H,3-6,9-10,12H2,1-2H3,(H,21,22). The van der Waals surface area contributed by atoms with Crippen LogP contribution in [0.15, 0.2) is 18.2 Å². The van der Waals surface area contributed by atoms with Crippen LogP contribution in [-0.2, 0) is 16.4 Å². The molecule has 0 amide bonds. The third-order valence-corrected chi connectivity index (χ3v) is 7.33. The van der Waals surface area contributed by atoms with E-state index < -0.39 is 10.0 Å². The molecule has 1 aliphatic heterocycles. The topological polar surface area (TPSA) is 89.5 Å². The van der Waals surface area contributed by atoms with E-state index in [9.17, 15) is 8.42 Å². The number of thiazole rings is 1. The van der Waals surface area contributed by atoms with E-state index in [0.717, 1.165) is 66.5 Å². The Bertz CT molecular complexity index is 966. The summed E-state index contributed by atoms with van der Waals surface area (Å²) in [6, 6.07) is 5.94. The van der Waals surface area contributed by atoms with Crippen molar-refractivity contribution in [1.29, 1.82) is 0 Å². The van der Waals surface area contributed by atoms with Gasteiger partial charge in [0.05, 0.1) is 25.7 Å². The average molecular weight is 438 g/mol. The van der Waals surface area contributed by atoms with Gasteiger partial charge in [0.2, 0.25) is 10.0 Å². The van der Waals surface area contributed by atoms with E-state index in [1.165, 1.54) is 11.1 Å². The number of benzene rings is 1. The predicted octanol–water partition coefficient (Wildman–Crippen LogP) is 3.27. The van der Waals surface area contributed by atoms with Crippen molar-refractivity contribution in [1.82, 2.24) is 9.71 Å². The van der Waals surface area contributed by atoms with Gasteiger partial charge < -0.3 is 14.8 Å². The molecule has 4 rings (SSSR count). The van der Waals surface area contributed by atoms with Gasteiger partial charge in [-0.1, -0.05) is 0 Å². The van der Waals surface area contributed by atoms with Crippen molar-refractivity contribution in [2.45, 2.75) is 38.1 Å². The second-order valence-corrected chi connectivity index (χ2v) is 10.6. The number of nitrogens with one attached hydrogen (secondary N) is 2. The van der Waals surface area contributed by atoms with Crippen LogP contribution in [0.5, 0.6) is 11.5 Å². The van der Waals surface area contributed by atoms with Crippen LogP contribution in [0.2, 0.25) is 0 Å². The molecule has 1 aromatic carbocycles. The first kappa shape index (κ1) is 20.4.